The van der Waals surface area contributed by atoms with E-state index in [1.54, 1.807) is 0 Å². The first-order valence-corrected chi connectivity index (χ1v) is 6.85. The van der Waals surface area contributed by atoms with E-state index in [4.69, 9.17) is 9.47 Å². The molecule has 0 aliphatic heterocycles. The first-order chi connectivity index (χ1) is 7.91. The Morgan fingerprint density at radius 2 is 1.39 bits per heavy atom. The monoisotopic (exact) mass is 380 g/mol. The van der Waals surface area contributed by atoms with E-state index in [1.165, 1.54) is 38.5 Å². The summed E-state index contributed by atoms with van der Waals surface area (Å²) >= 11 is 0. The summed E-state index contributed by atoms with van der Waals surface area (Å²) < 4.78 is 10.7. The molecule has 0 aliphatic carbocycles. The molecule has 0 aromatic heterocycles. The van der Waals surface area contributed by atoms with Crippen molar-refractivity contribution in [3.8, 4) is 0 Å². The molecular weight excluding hydrogens is 351 g/mol. The third-order valence-electron chi connectivity index (χ3n) is 2.59. The second-order valence-electron chi connectivity index (χ2n) is 4.25. The number of halogens is 1. The van der Waals surface area contributed by atoms with Gasteiger partial charge in [0.1, 0.15) is 6.79 Å². The summed E-state index contributed by atoms with van der Waals surface area (Å²) in [7, 11) is 0. The summed E-state index contributed by atoms with van der Waals surface area (Å²) in [5.74, 6) is 0. The number of unbranched alkanes of at least 4 members (excludes halogenated alkanes) is 7. The van der Waals surface area contributed by atoms with Crippen LogP contribution in [0.5, 0.6) is 0 Å². The molecular formula is C14H29IMgO2. The van der Waals surface area contributed by atoms with E-state index in [0.717, 1.165) is 26.1 Å². The second-order valence-corrected chi connectivity index (χ2v) is 4.25. The summed E-state index contributed by atoms with van der Waals surface area (Å²) in [6, 6.07) is 0. The Balaban J connectivity index is -0.00000112. The van der Waals surface area contributed by atoms with Crippen LogP contribution in [0.15, 0.2) is 0 Å². The maximum absolute atomic E-state index is 5.39. The molecule has 0 bridgehead atoms. The van der Waals surface area contributed by atoms with Gasteiger partial charge in [0.25, 0.3) is 0 Å². The van der Waals surface area contributed by atoms with Crippen molar-refractivity contribution in [2.45, 2.75) is 65.2 Å². The van der Waals surface area contributed by atoms with Gasteiger partial charge in [-0.15, -0.1) is 0 Å². The molecule has 0 aromatic rings. The van der Waals surface area contributed by atoms with E-state index >= 15 is 0 Å². The number of hydrogen-bond acceptors (Lipinski definition) is 2. The molecule has 0 heterocycles. The quantitative estimate of drug-likeness (QED) is 0.156. The van der Waals surface area contributed by atoms with Gasteiger partial charge >= 0.3 is 23.1 Å². The van der Waals surface area contributed by atoms with Crippen molar-refractivity contribution in [2.24, 2.45) is 0 Å². The van der Waals surface area contributed by atoms with Crippen molar-refractivity contribution in [3.05, 3.63) is 6.42 Å². The fraction of sp³-hybridized carbons (Fsp3) is 0.929. The zero-order valence-corrected chi connectivity index (χ0v) is 15.8. The predicted octanol–water partition coefficient (Wildman–Crippen LogP) is 0.965. The summed E-state index contributed by atoms with van der Waals surface area (Å²) in [6.45, 7) is 6.47. The molecule has 0 aromatic carbocycles. The first-order valence-electron chi connectivity index (χ1n) is 6.85. The minimum atomic E-state index is 0. The van der Waals surface area contributed by atoms with Crippen LogP contribution in [-0.2, 0) is 9.47 Å². The van der Waals surface area contributed by atoms with Crippen LogP contribution in [0, 0.1) is 6.42 Å². The van der Waals surface area contributed by atoms with E-state index in [1.807, 2.05) is 0 Å². The Kier molecular flexibility index (Phi) is 31.9. The molecule has 106 valence electrons. The van der Waals surface area contributed by atoms with Gasteiger partial charge in [-0.05, 0) is 6.42 Å². The molecule has 0 radical (unpaired) electrons. The normalized spacial score (nSPS) is 9.67. The third kappa shape index (κ3) is 22.6. The minimum absolute atomic E-state index is 0. The van der Waals surface area contributed by atoms with Crippen molar-refractivity contribution < 1.29 is 33.5 Å². The molecule has 2 nitrogen and oxygen atoms in total. The molecule has 0 rings (SSSR count). The van der Waals surface area contributed by atoms with E-state index in [0.29, 0.717) is 6.79 Å². The van der Waals surface area contributed by atoms with Crippen molar-refractivity contribution in [1.82, 2.24) is 0 Å². The standard InChI is InChI=1S/C14H29O2.HI.Mg/c1-3-5-7-8-9-11-13-16-14-15-12-10-6-4-2;;/h4H,3,5-14H2,1-2H3;1H;/q-1;;+2/p-1. The molecule has 0 amide bonds. The smallest absolute Gasteiger partial charge is 1.00 e. The van der Waals surface area contributed by atoms with Gasteiger partial charge in [-0.2, -0.15) is 13.3 Å². The third-order valence-corrected chi connectivity index (χ3v) is 2.59. The van der Waals surface area contributed by atoms with Gasteiger partial charge in [0.2, 0.25) is 0 Å². The number of rotatable bonds is 13. The van der Waals surface area contributed by atoms with Gasteiger partial charge in [0.15, 0.2) is 0 Å². The molecule has 0 atom stereocenters. The maximum atomic E-state index is 5.39. The van der Waals surface area contributed by atoms with Crippen LogP contribution in [0.1, 0.15) is 65.2 Å². The predicted molar refractivity (Wildman–Crippen MR) is 75.1 cm³/mol. The first kappa shape index (κ1) is 24.4. The van der Waals surface area contributed by atoms with Crippen molar-refractivity contribution in [2.75, 3.05) is 20.0 Å². The summed E-state index contributed by atoms with van der Waals surface area (Å²) in [4.78, 5) is 0. The van der Waals surface area contributed by atoms with Gasteiger partial charge in [-0.1, -0.05) is 45.4 Å². The van der Waals surface area contributed by atoms with E-state index in [9.17, 15) is 0 Å². The molecule has 0 saturated carbocycles. The fourth-order valence-electron chi connectivity index (χ4n) is 1.55. The summed E-state index contributed by atoms with van der Waals surface area (Å²) in [5, 5.41) is 0. The van der Waals surface area contributed by atoms with Crippen LogP contribution >= 0.6 is 0 Å². The van der Waals surface area contributed by atoms with E-state index in [2.05, 4.69) is 20.3 Å². The Morgan fingerprint density at radius 1 is 0.833 bits per heavy atom. The zero-order chi connectivity index (χ0) is 11.9. The molecule has 4 heteroatoms. The van der Waals surface area contributed by atoms with Crippen LogP contribution in [0.25, 0.3) is 0 Å². The molecule has 0 saturated heterocycles. The van der Waals surface area contributed by atoms with Crippen LogP contribution in [0.3, 0.4) is 0 Å². The van der Waals surface area contributed by atoms with Crippen molar-refractivity contribution in [1.29, 1.82) is 0 Å². The van der Waals surface area contributed by atoms with Crippen molar-refractivity contribution in [3.63, 3.8) is 0 Å². The summed E-state index contributed by atoms with van der Waals surface area (Å²) in [6.07, 6.45) is 12.3. The van der Waals surface area contributed by atoms with Crippen LogP contribution in [0.2, 0.25) is 0 Å². The average molecular weight is 381 g/mol. The molecule has 0 spiro atoms. The second kappa shape index (κ2) is 23.5. The van der Waals surface area contributed by atoms with Gasteiger partial charge in [0.05, 0.1) is 0 Å². The fourth-order valence-corrected chi connectivity index (χ4v) is 1.55. The van der Waals surface area contributed by atoms with Crippen LogP contribution < -0.4 is 24.0 Å². The van der Waals surface area contributed by atoms with Gasteiger partial charge < -0.3 is 39.9 Å². The molecule has 0 unspecified atom stereocenters. The Morgan fingerprint density at radius 3 is 2.00 bits per heavy atom. The van der Waals surface area contributed by atoms with Crippen LogP contribution in [-0.4, -0.2) is 43.1 Å². The topological polar surface area (TPSA) is 18.5 Å². The van der Waals surface area contributed by atoms with Gasteiger partial charge in [-0.3, -0.25) is 0 Å². The molecule has 0 aliphatic rings. The SMILES string of the molecule is C[CH-]CCCOCOCCCCCCCC.[I-].[Mg+2]. The molecule has 18 heavy (non-hydrogen) atoms. The molecule has 0 N–H and O–H groups in total. The van der Waals surface area contributed by atoms with Crippen LogP contribution in [0.4, 0.5) is 0 Å². The van der Waals surface area contributed by atoms with Gasteiger partial charge in [0, 0.05) is 13.2 Å². The van der Waals surface area contributed by atoms with Crippen molar-refractivity contribution >= 4 is 23.1 Å². The average Bonchev–Trinajstić information content (AvgIpc) is 2.31. The minimum Gasteiger partial charge on any atom is -1.00 e. The van der Waals surface area contributed by atoms with Gasteiger partial charge in [-0.25, -0.2) is 0 Å². The Labute approximate surface area is 147 Å². The largest absolute Gasteiger partial charge is 2.00 e. The van der Waals surface area contributed by atoms with E-state index < -0.39 is 0 Å². The number of ether oxygens (including phenoxy) is 2. The molecule has 0 fully saturated rings. The van der Waals surface area contributed by atoms with E-state index in [-0.39, 0.29) is 47.0 Å². The zero-order valence-electron chi connectivity index (χ0n) is 12.3. The maximum Gasteiger partial charge on any atom is 2.00 e. The number of hydrogen-bond donors (Lipinski definition) is 0. The Hall–Kier alpha value is 1.42. The Bertz CT molecular complexity index is 112. The summed E-state index contributed by atoms with van der Waals surface area (Å²) in [5.41, 5.74) is 0.